The molecule has 1 saturated heterocycles. The van der Waals surface area contributed by atoms with E-state index >= 15 is 0 Å². The minimum atomic E-state index is -5.00. The van der Waals surface area contributed by atoms with Crippen molar-refractivity contribution in [2.24, 2.45) is 0 Å². The molecule has 4 rings (SSSR count). The molecule has 5 nitrogen and oxygen atoms in total. The van der Waals surface area contributed by atoms with Crippen molar-refractivity contribution in [2.75, 3.05) is 18.4 Å². The first-order valence-electron chi connectivity index (χ1n) is 10.6. The average molecular weight is 471 g/mol. The van der Waals surface area contributed by atoms with Crippen molar-refractivity contribution >= 4 is 11.5 Å². The lowest BCUT2D eigenvalue weighted by Gasteiger charge is -2.35. The number of nitrogens with one attached hydrogen (secondary N) is 1. The summed E-state index contributed by atoms with van der Waals surface area (Å²) in [5, 5.41) is 11.4. The molecule has 1 aromatic carbocycles. The number of likely N-dealkylation sites (tertiary alicyclic amines) is 1. The smallest absolute Gasteiger partial charge is 0.350 e. The zero-order valence-corrected chi connectivity index (χ0v) is 18.0. The average Bonchev–Trinajstić information content (AvgIpc) is 3.23. The van der Waals surface area contributed by atoms with E-state index in [-0.39, 0.29) is 17.8 Å². The van der Waals surface area contributed by atoms with Crippen LogP contribution in [-0.4, -0.2) is 44.7 Å². The van der Waals surface area contributed by atoms with Gasteiger partial charge in [0.2, 0.25) is 5.95 Å². The Hall–Kier alpha value is -2.82. The summed E-state index contributed by atoms with van der Waals surface area (Å²) in [6, 6.07) is 5.21. The van der Waals surface area contributed by atoms with Gasteiger partial charge in [-0.15, -0.1) is 10.2 Å². The highest BCUT2D eigenvalue weighted by Gasteiger charge is 2.39. The summed E-state index contributed by atoms with van der Waals surface area (Å²) in [7, 11) is 0. The third kappa shape index (κ3) is 4.78. The van der Waals surface area contributed by atoms with Crippen LogP contribution >= 0.6 is 0 Å². The molecule has 0 spiro atoms. The van der Waals surface area contributed by atoms with Gasteiger partial charge >= 0.3 is 12.4 Å². The van der Waals surface area contributed by atoms with E-state index in [0.717, 1.165) is 32.0 Å². The standard InChI is InChI=1S/C22H23F6N5/c1-13(2)32-9-3-5-15(12-32)29-20-31-30-19(18-6-4-10-33(18)20)16-8-7-14(21(23,24)25)11-17(16)22(26,27)28/h4,6-8,10-11,13,15H,3,5,9,12H2,1-2H3,(H,29,31)/t15-/m1/s1. The lowest BCUT2D eigenvalue weighted by atomic mass is 10.00. The number of halogens is 6. The van der Waals surface area contributed by atoms with E-state index in [0.29, 0.717) is 23.6 Å². The van der Waals surface area contributed by atoms with Gasteiger partial charge < -0.3 is 5.32 Å². The second-order valence-electron chi connectivity index (χ2n) is 8.46. The van der Waals surface area contributed by atoms with E-state index in [2.05, 4.69) is 34.3 Å². The summed E-state index contributed by atoms with van der Waals surface area (Å²) in [5.41, 5.74) is -3.06. The molecule has 0 amide bonds. The maximum atomic E-state index is 13.7. The number of hydrogen-bond acceptors (Lipinski definition) is 4. The van der Waals surface area contributed by atoms with Gasteiger partial charge in [0, 0.05) is 30.4 Å². The van der Waals surface area contributed by atoms with Crippen molar-refractivity contribution in [1.29, 1.82) is 0 Å². The molecule has 0 radical (unpaired) electrons. The van der Waals surface area contributed by atoms with Gasteiger partial charge in [-0.2, -0.15) is 26.3 Å². The fraction of sp³-hybridized carbons (Fsp3) is 0.455. The van der Waals surface area contributed by atoms with Crippen molar-refractivity contribution in [3.63, 3.8) is 0 Å². The Morgan fingerprint density at radius 2 is 1.79 bits per heavy atom. The second kappa shape index (κ2) is 8.51. The van der Waals surface area contributed by atoms with E-state index in [1.54, 1.807) is 22.7 Å². The molecule has 3 aromatic rings. The van der Waals surface area contributed by atoms with Crippen LogP contribution in [0.4, 0.5) is 32.3 Å². The molecule has 1 aliphatic heterocycles. The lowest BCUT2D eigenvalue weighted by molar-refractivity contribution is -0.142. The first-order chi connectivity index (χ1) is 15.4. The van der Waals surface area contributed by atoms with Crippen LogP contribution in [0.3, 0.4) is 0 Å². The van der Waals surface area contributed by atoms with E-state index in [1.165, 1.54) is 0 Å². The molecule has 2 aromatic heterocycles. The zero-order valence-electron chi connectivity index (χ0n) is 18.0. The maximum Gasteiger partial charge on any atom is 0.417 e. The summed E-state index contributed by atoms with van der Waals surface area (Å²) in [6.45, 7) is 6.02. The van der Waals surface area contributed by atoms with Gasteiger partial charge in [-0.1, -0.05) is 6.07 Å². The van der Waals surface area contributed by atoms with Crippen LogP contribution in [-0.2, 0) is 12.4 Å². The summed E-state index contributed by atoms with van der Waals surface area (Å²) in [4.78, 5) is 2.33. The van der Waals surface area contributed by atoms with Crippen molar-refractivity contribution in [1.82, 2.24) is 19.5 Å². The molecule has 1 N–H and O–H groups in total. The van der Waals surface area contributed by atoms with Crippen LogP contribution in [0.25, 0.3) is 16.8 Å². The SMILES string of the molecule is CC(C)N1CCC[C@@H](Nc2nnc(-c3ccc(C(F)(F)F)cc3C(F)(F)F)c3cccn23)C1. The van der Waals surface area contributed by atoms with Crippen LogP contribution in [0.5, 0.6) is 0 Å². The number of alkyl halides is 6. The molecule has 0 unspecified atom stereocenters. The third-order valence-electron chi connectivity index (χ3n) is 5.89. The predicted octanol–water partition coefficient (Wildman–Crippen LogP) is 5.72. The Balaban J connectivity index is 1.73. The molecule has 1 fully saturated rings. The maximum absolute atomic E-state index is 13.7. The zero-order chi connectivity index (χ0) is 24.0. The summed E-state index contributed by atoms with van der Waals surface area (Å²) in [5.74, 6) is 0.370. The molecule has 0 saturated carbocycles. The number of hydrogen-bond donors (Lipinski definition) is 1. The van der Waals surface area contributed by atoms with Gasteiger partial charge in [0.15, 0.2) is 0 Å². The van der Waals surface area contributed by atoms with Crippen molar-refractivity contribution in [3.8, 4) is 11.3 Å². The number of benzene rings is 1. The van der Waals surface area contributed by atoms with Crippen LogP contribution in [0.2, 0.25) is 0 Å². The molecule has 3 heterocycles. The quantitative estimate of drug-likeness (QED) is 0.495. The second-order valence-corrected chi connectivity index (χ2v) is 8.46. The molecule has 1 atom stereocenters. The van der Waals surface area contributed by atoms with E-state index in [4.69, 9.17) is 0 Å². The van der Waals surface area contributed by atoms with Gasteiger partial charge in [0.05, 0.1) is 16.6 Å². The summed E-state index contributed by atoms with van der Waals surface area (Å²) in [6.07, 6.45) is -6.35. The highest BCUT2D eigenvalue weighted by atomic mass is 19.4. The topological polar surface area (TPSA) is 45.5 Å². The predicted molar refractivity (Wildman–Crippen MR) is 112 cm³/mol. The first kappa shape index (κ1) is 23.3. The van der Waals surface area contributed by atoms with Gasteiger partial charge in [-0.25, -0.2) is 0 Å². The number of rotatable bonds is 4. The molecule has 11 heteroatoms. The third-order valence-corrected chi connectivity index (χ3v) is 5.89. The number of anilines is 1. The molecule has 0 aliphatic carbocycles. The highest BCUT2D eigenvalue weighted by Crippen LogP contribution is 2.41. The van der Waals surface area contributed by atoms with Crippen molar-refractivity contribution in [2.45, 2.75) is 51.1 Å². The summed E-state index contributed by atoms with van der Waals surface area (Å²) < 4.78 is 81.7. The van der Waals surface area contributed by atoms with E-state index < -0.39 is 29.0 Å². The molecular weight excluding hydrogens is 448 g/mol. The molecule has 0 bridgehead atoms. The van der Waals surface area contributed by atoms with E-state index in [1.807, 2.05) is 0 Å². The number of fused-ring (bicyclic) bond motifs is 1. The monoisotopic (exact) mass is 471 g/mol. The normalized spacial score (nSPS) is 18.3. The Bertz CT molecular complexity index is 1130. The van der Waals surface area contributed by atoms with Crippen molar-refractivity contribution in [3.05, 3.63) is 47.7 Å². The van der Waals surface area contributed by atoms with E-state index in [9.17, 15) is 26.3 Å². The number of aromatic nitrogens is 3. The minimum absolute atomic E-state index is 0.0868. The fourth-order valence-electron chi connectivity index (χ4n) is 4.18. The highest BCUT2D eigenvalue weighted by molar-refractivity contribution is 5.80. The van der Waals surface area contributed by atoms with Crippen LogP contribution < -0.4 is 5.32 Å². The van der Waals surface area contributed by atoms with Gasteiger partial charge in [-0.05, 0) is 57.5 Å². The Morgan fingerprint density at radius 1 is 1.03 bits per heavy atom. The largest absolute Gasteiger partial charge is 0.417 e. The molecule has 1 aliphatic rings. The minimum Gasteiger partial charge on any atom is -0.350 e. The number of nitrogens with zero attached hydrogens (tertiary/aromatic N) is 4. The van der Waals surface area contributed by atoms with Crippen LogP contribution in [0, 0.1) is 0 Å². The lowest BCUT2D eigenvalue weighted by Crippen LogP contribution is -2.45. The molecule has 178 valence electrons. The molecular formula is C22H23F6N5. The van der Waals surface area contributed by atoms with Crippen molar-refractivity contribution < 1.29 is 26.3 Å². The Morgan fingerprint density at radius 3 is 2.45 bits per heavy atom. The van der Waals surface area contributed by atoms with Gasteiger partial charge in [0.1, 0.15) is 5.69 Å². The summed E-state index contributed by atoms with van der Waals surface area (Å²) >= 11 is 0. The van der Waals surface area contributed by atoms with Gasteiger partial charge in [-0.3, -0.25) is 9.30 Å². The van der Waals surface area contributed by atoms with Gasteiger partial charge in [0.25, 0.3) is 0 Å². The Kier molecular flexibility index (Phi) is 6.02. The number of piperidine rings is 1. The van der Waals surface area contributed by atoms with Crippen LogP contribution in [0.15, 0.2) is 36.5 Å². The molecule has 33 heavy (non-hydrogen) atoms. The first-order valence-corrected chi connectivity index (χ1v) is 10.6. The van der Waals surface area contributed by atoms with Crippen LogP contribution in [0.1, 0.15) is 37.8 Å². The Labute approximate surface area is 186 Å². The fourth-order valence-corrected chi connectivity index (χ4v) is 4.18.